The minimum Gasteiger partial charge on any atom is -0.464 e. The number of hydrogen-bond acceptors (Lipinski definition) is 6. The van der Waals surface area contributed by atoms with Crippen molar-refractivity contribution in [1.82, 2.24) is 19.5 Å². The van der Waals surface area contributed by atoms with Gasteiger partial charge in [0.05, 0.1) is 24.5 Å². The number of nitrogen functional groups attached to an aromatic ring is 1. The fourth-order valence-corrected chi connectivity index (χ4v) is 10.1. The number of benzene rings is 1. The van der Waals surface area contributed by atoms with Crippen LogP contribution in [0.15, 0.2) is 24.5 Å². The van der Waals surface area contributed by atoms with Crippen molar-refractivity contribution in [2.24, 2.45) is 7.05 Å². The van der Waals surface area contributed by atoms with Gasteiger partial charge in [-0.3, -0.25) is 0 Å². The number of rotatable bonds is 5. The summed E-state index contributed by atoms with van der Waals surface area (Å²) in [5, 5.41) is 0. The van der Waals surface area contributed by atoms with Crippen molar-refractivity contribution >= 4 is 30.9 Å². The molecule has 0 unspecified atom stereocenters. The van der Waals surface area contributed by atoms with Crippen molar-refractivity contribution < 1.29 is 9.53 Å². The average Bonchev–Trinajstić information content (AvgIpc) is 3.14. The van der Waals surface area contributed by atoms with Crippen LogP contribution in [0.25, 0.3) is 22.3 Å². The summed E-state index contributed by atoms with van der Waals surface area (Å²) in [7, 11) is 1.20. The number of aromatic nitrogens is 4. The lowest BCUT2D eigenvalue weighted by Gasteiger charge is -2.38. The fourth-order valence-electron chi connectivity index (χ4n) is 4.92. The molecule has 2 N–H and O–H groups in total. The Hall–Kier alpha value is -3.18. The third-order valence-electron chi connectivity index (χ3n) is 6.57. The van der Waals surface area contributed by atoms with Crippen LogP contribution in [0, 0.1) is 11.5 Å². The highest BCUT2D eigenvalue weighted by atomic mass is 28.3. The Morgan fingerprint density at radius 1 is 1.09 bits per heavy atom. The Morgan fingerprint density at radius 3 is 2.30 bits per heavy atom. The number of carbonyl (C=O) groups is 1. The first-order valence-electron chi connectivity index (χ1n) is 11.2. The first-order chi connectivity index (χ1) is 15.5. The van der Waals surface area contributed by atoms with E-state index in [0.29, 0.717) is 28.0 Å². The second kappa shape index (κ2) is 9.36. The molecule has 0 fully saturated rings. The molecule has 0 saturated carbocycles. The summed E-state index contributed by atoms with van der Waals surface area (Å²) < 4.78 is 6.81. The van der Waals surface area contributed by atoms with E-state index in [2.05, 4.69) is 68.0 Å². The molecule has 7 nitrogen and oxygen atoms in total. The Balaban J connectivity index is 2.35. The SMILES string of the molecule is COC(=O)c1nc(-c2cccc3c2ncn3C)c(C#C[Si](C(C)C)(C(C)C)C(C)C)nc1N. The average molecular weight is 464 g/mol. The standard InChI is InChI=1S/C25H33N5O2Si/c1-15(2)33(16(3)4,17(5)6)13-12-19-21(29-23(24(26)28-19)25(31)32-8)18-10-9-11-20-22(18)27-14-30(20)7/h9-11,14-17H,1-8H3,(H2,26,28). The van der Waals surface area contributed by atoms with E-state index >= 15 is 0 Å². The molecule has 3 aromatic rings. The van der Waals surface area contributed by atoms with E-state index in [1.165, 1.54) is 7.11 Å². The summed E-state index contributed by atoms with van der Waals surface area (Å²) in [6.45, 7) is 13.6. The predicted octanol–water partition coefficient (Wildman–Crippen LogP) is 4.97. The number of nitrogens with two attached hydrogens (primary N) is 1. The molecule has 0 aliphatic carbocycles. The summed E-state index contributed by atoms with van der Waals surface area (Å²) in [4.78, 5) is 26.0. The molecular formula is C25H33N5O2Si. The van der Waals surface area contributed by atoms with E-state index in [4.69, 9.17) is 10.5 Å². The number of carbonyl (C=O) groups excluding carboxylic acids is 1. The number of aryl methyl sites for hydroxylation is 1. The topological polar surface area (TPSA) is 95.9 Å². The number of nitrogens with zero attached hydrogens (tertiary/aromatic N) is 4. The number of ether oxygens (including phenoxy) is 1. The maximum atomic E-state index is 12.3. The van der Waals surface area contributed by atoms with Gasteiger partial charge in [0.2, 0.25) is 0 Å². The van der Waals surface area contributed by atoms with Crippen LogP contribution < -0.4 is 5.73 Å². The van der Waals surface area contributed by atoms with E-state index in [9.17, 15) is 4.79 Å². The summed E-state index contributed by atoms with van der Waals surface area (Å²) in [6, 6.07) is 5.83. The molecule has 0 spiro atoms. The molecule has 2 aromatic heterocycles. The lowest BCUT2D eigenvalue weighted by Crippen LogP contribution is -2.43. The van der Waals surface area contributed by atoms with Crippen molar-refractivity contribution in [3.05, 3.63) is 35.9 Å². The fraction of sp³-hybridized carbons (Fsp3) is 0.440. The van der Waals surface area contributed by atoms with E-state index in [1.807, 2.05) is 29.8 Å². The molecule has 0 atom stereocenters. The highest BCUT2D eigenvalue weighted by Gasteiger charge is 2.41. The number of fused-ring (bicyclic) bond motifs is 1. The zero-order valence-electron chi connectivity index (χ0n) is 20.7. The lowest BCUT2D eigenvalue weighted by atomic mass is 10.1. The molecule has 0 saturated heterocycles. The van der Waals surface area contributed by atoms with Gasteiger partial charge in [-0.05, 0) is 22.7 Å². The Morgan fingerprint density at radius 2 is 1.73 bits per heavy atom. The number of imidazole rings is 1. The number of anilines is 1. The third-order valence-corrected chi connectivity index (χ3v) is 12.9. The molecule has 0 amide bonds. The van der Waals surface area contributed by atoms with E-state index in [0.717, 1.165) is 16.6 Å². The summed E-state index contributed by atoms with van der Waals surface area (Å²) >= 11 is 0. The van der Waals surface area contributed by atoms with Crippen LogP contribution in [0.3, 0.4) is 0 Å². The molecular weight excluding hydrogens is 430 g/mol. The number of esters is 1. The van der Waals surface area contributed by atoms with Crippen LogP contribution in [-0.4, -0.2) is 40.7 Å². The number of hydrogen-bond donors (Lipinski definition) is 1. The Labute approximate surface area is 196 Å². The second-order valence-corrected chi connectivity index (χ2v) is 14.9. The van der Waals surface area contributed by atoms with Gasteiger partial charge in [0.25, 0.3) is 0 Å². The Bertz CT molecular complexity index is 1230. The molecule has 0 aliphatic heterocycles. The van der Waals surface area contributed by atoms with E-state index < -0.39 is 14.0 Å². The van der Waals surface area contributed by atoms with Gasteiger partial charge >= 0.3 is 5.97 Å². The molecule has 2 heterocycles. The normalized spacial score (nSPS) is 11.8. The minimum atomic E-state index is -2.02. The van der Waals surface area contributed by atoms with Gasteiger partial charge in [-0.25, -0.2) is 19.7 Å². The maximum Gasteiger partial charge on any atom is 0.360 e. The highest BCUT2D eigenvalue weighted by Crippen LogP contribution is 2.41. The Kier molecular flexibility index (Phi) is 6.94. The van der Waals surface area contributed by atoms with Gasteiger partial charge in [0.1, 0.15) is 19.5 Å². The van der Waals surface area contributed by atoms with E-state index in [1.54, 1.807) is 6.33 Å². The third kappa shape index (κ3) is 4.25. The molecule has 3 rings (SSSR count). The van der Waals surface area contributed by atoms with Crippen LogP contribution in [0.4, 0.5) is 5.82 Å². The predicted molar refractivity (Wildman–Crippen MR) is 135 cm³/mol. The van der Waals surface area contributed by atoms with Gasteiger partial charge in [-0.15, -0.1) is 5.54 Å². The van der Waals surface area contributed by atoms with Crippen molar-refractivity contribution in [3.8, 4) is 22.7 Å². The van der Waals surface area contributed by atoms with Crippen molar-refractivity contribution in [2.75, 3.05) is 12.8 Å². The quantitative estimate of drug-likeness (QED) is 0.326. The summed E-state index contributed by atoms with van der Waals surface area (Å²) in [6.07, 6.45) is 1.75. The molecule has 174 valence electrons. The molecule has 0 bridgehead atoms. The van der Waals surface area contributed by atoms with Crippen LogP contribution in [-0.2, 0) is 11.8 Å². The molecule has 0 radical (unpaired) electrons. The monoisotopic (exact) mass is 463 g/mol. The van der Waals surface area contributed by atoms with Crippen LogP contribution in [0.2, 0.25) is 16.6 Å². The van der Waals surface area contributed by atoms with Crippen LogP contribution in [0.5, 0.6) is 0 Å². The van der Waals surface area contributed by atoms with Crippen LogP contribution in [0.1, 0.15) is 57.7 Å². The van der Waals surface area contributed by atoms with Gasteiger partial charge < -0.3 is 15.0 Å². The van der Waals surface area contributed by atoms with Gasteiger partial charge in [-0.1, -0.05) is 59.6 Å². The number of para-hydroxylation sites is 1. The first kappa shape index (κ1) is 24.5. The summed E-state index contributed by atoms with van der Waals surface area (Å²) in [5.74, 6) is 2.74. The zero-order chi connectivity index (χ0) is 24.5. The molecule has 8 heteroatoms. The van der Waals surface area contributed by atoms with Crippen LogP contribution >= 0.6 is 0 Å². The second-order valence-electron chi connectivity index (χ2n) is 9.32. The summed E-state index contributed by atoms with van der Waals surface area (Å²) in [5.41, 5.74) is 14.6. The van der Waals surface area contributed by atoms with Crippen molar-refractivity contribution in [2.45, 2.75) is 58.2 Å². The maximum absolute atomic E-state index is 12.3. The van der Waals surface area contributed by atoms with Gasteiger partial charge in [-0.2, -0.15) is 0 Å². The molecule has 33 heavy (non-hydrogen) atoms. The highest BCUT2D eigenvalue weighted by molar-refractivity contribution is 6.90. The van der Waals surface area contributed by atoms with Crippen molar-refractivity contribution in [1.29, 1.82) is 0 Å². The first-order valence-corrected chi connectivity index (χ1v) is 13.5. The smallest absolute Gasteiger partial charge is 0.360 e. The number of methoxy groups -OCH3 is 1. The lowest BCUT2D eigenvalue weighted by molar-refractivity contribution is 0.0595. The zero-order valence-corrected chi connectivity index (χ0v) is 21.7. The van der Waals surface area contributed by atoms with Gasteiger partial charge in [0, 0.05) is 12.6 Å². The van der Waals surface area contributed by atoms with E-state index in [-0.39, 0.29) is 11.5 Å². The molecule has 0 aliphatic rings. The van der Waals surface area contributed by atoms with Crippen molar-refractivity contribution in [3.63, 3.8) is 0 Å². The van der Waals surface area contributed by atoms with Gasteiger partial charge in [0.15, 0.2) is 11.5 Å². The minimum absolute atomic E-state index is 0.00834. The molecule has 1 aromatic carbocycles. The largest absolute Gasteiger partial charge is 0.464 e.